The molecule has 0 amide bonds. The van der Waals surface area contributed by atoms with Gasteiger partial charge >= 0.3 is 0 Å². The Hall–Kier alpha value is -1.06. The van der Waals surface area contributed by atoms with Crippen molar-refractivity contribution in [1.29, 1.82) is 0 Å². The summed E-state index contributed by atoms with van der Waals surface area (Å²) in [6.07, 6.45) is 1.77. The molecule has 2 N–H and O–H groups in total. The summed E-state index contributed by atoms with van der Waals surface area (Å²) in [6.45, 7) is 3.24. The standard InChI is InChI=1S/C14H21NO2/c1-10-6-7-15-13(8-10)14(16)11-4-3-5-12(9-11)17-2/h3-5,9-10,13-16H,6-8H2,1-2H3. The minimum absolute atomic E-state index is 0.158. The number of hydrogen-bond acceptors (Lipinski definition) is 3. The summed E-state index contributed by atoms with van der Waals surface area (Å²) in [7, 11) is 1.65. The van der Waals surface area contributed by atoms with Gasteiger partial charge in [-0.15, -0.1) is 0 Å². The summed E-state index contributed by atoms with van der Waals surface area (Å²) < 4.78 is 5.18. The van der Waals surface area contributed by atoms with Gasteiger partial charge in [0.25, 0.3) is 0 Å². The molecule has 3 unspecified atom stereocenters. The molecule has 1 aliphatic rings. The molecule has 3 atom stereocenters. The zero-order chi connectivity index (χ0) is 12.3. The second-order valence-electron chi connectivity index (χ2n) is 4.91. The Morgan fingerprint density at radius 1 is 1.47 bits per heavy atom. The summed E-state index contributed by atoms with van der Waals surface area (Å²) in [6, 6.07) is 7.84. The molecule has 1 fully saturated rings. The first kappa shape index (κ1) is 12.4. The maximum atomic E-state index is 10.4. The van der Waals surface area contributed by atoms with Gasteiger partial charge in [0.2, 0.25) is 0 Å². The summed E-state index contributed by atoms with van der Waals surface area (Å²) in [5.41, 5.74) is 0.927. The molecule has 0 saturated carbocycles. The van der Waals surface area contributed by atoms with Gasteiger partial charge < -0.3 is 15.2 Å². The van der Waals surface area contributed by atoms with Crippen LogP contribution < -0.4 is 10.1 Å². The van der Waals surface area contributed by atoms with Crippen LogP contribution in [0.3, 0.4) is 0 Å². The Balaban J connectivity index is 2.09. The number of benzene rings is 1. The van der Waals surface area contributed by atoms with E-state index in [9.17, 15) is 5.11 Å². The van der Waals surface area contributed by atoms with Crippen LogP contribution in [0.1, 0.15) is 31.4 Å². The molecule has 3 heteroatoms. The second kappa shape index (κ2) is 5.52. The third-order valence-corrected chi connectivity index (χ3v) is 3.52. The lowest BCUT2D eigenvalue weighted by atomic mass is 9.89. The molecule has 0 aromatic heterocycles. The van der Waals surface area contributed by atoms with Crippen molar-refractivity contribution >= 4 is 0 Å². The van der Waals surface area contributed by atoms with Gasteiger partial charge in [-0.3, -0.25) is 0 Å². The zero-order valence-corrected chi connectivity index (χ0v) is 10.5. The fourth-order valence-corrected chi connectivity index (χ4v) is 2.45. The lowest BCUT2D eigenvalue weighted by Crippen LogP contribution is -2.41. The highest BCUT2D eigenvalue weighted by Gasteiger charge is 2.25. The van der Waals surface area contributed by atoms with E-state index in [2.05, 4.69) is 12.2 Å². The van der Waals surface area contributed by atoms with Crippen LogP contribution in [0.2, 0.25) is 0 Å². The molecule has 3 nitrogen and oxygen atoms in total. The van der Waals surface area contributed by atoms with Crippen molar-refractivity contribution < 1.29 is 9.84 Å². The van der Waals surface area contributed by atoms with Crippen molar-refractivity contribution in [2.45, 2.75) is 31.9 Å². The van der Waals surface area contributed by atoms with Crippen molar-refractivity contribution in [2.24, 2.45) is 5.92 Å². The Kier molecular flexibility index (Phi) is 4.02. The molecule has 1 heterocycles. The lowest BCUT2D eigenvalue weighted by Gasteiger charge is -2.32. The van der Waals surface area contributed by atoms with E-state index in [0.717, 1.165) is 24.3 Å². The normalized spacial score (nSPS) is 26.5. The first-order valence-corrected chi connectivity index (χ1v) is 6.26. The van der Waals surface area contributed by atoms with E-state index in [-0.39, 0.29) is 6.04 Å². The van der Waals surface area contributed by atoms with Gasteiger partial charge in [0.1, 0.15) is 5.75 Å². The van der Waals surface area contributed by atoms with Crippen LogP contribution in [-0.4, -0.2) is 24.8 Å². The highest BCUT2D eigenvalue weighted by atomic mass is 16.5. The SMILES string of the molecule is COc1cccc(C(O)C2CC(C)CCN2)c1. The van der Waals surface area contributed by atoms with Crippen molar-refractivity contribution in [2.75, 3.05) is 13.7 Å². The van der Waals surface area contributed by atoms with Crippen molar-refractivity contribution in [3.05, 3.63) is 29.8 Å². The van der Waals surface area contributed by atoms with E-state index in [0.29, 0.717) is 5.92 Å². The highest BCUT2D eigenvalue weighted by molar-refractivity contribution is 5.30. The Morgan fingerprint density at radius 2 is 2.29 bits per heavy atom. The summed E-state index contributed by atoms with van der Waals surface area (Å²) in [4.78, 5) is 0. The van der Waals surface area contributed by atoms with Crippen LogP contribution >= 0.6 is 0 Å². The number of nitrogens with one attached hydrogen (secondary N) is 1. The first-order valence-electron chi connectivity index (χ1n) is 6.26. The monoisotopic (exact) mass is 235 g/mol. The number of ether oxygens (including phenoxy) is 1. The molecule has 1 aliphatic heterocycles. The average molecular weight is 235 g/mol. The quantitative estimate of drug-likeness (QED) is 0.843. The largest absolute Gasteiger partial charge is 0.497 e. The molecule has 1 saturated heterocycles. The average Bonchev–Trinajstić information content (AvgIpc) is 2.38. The predicted octanol–water partition coefficient (Wildman–Crippen LogP) is 2.12. The van der Waals surface area contributed by atoms with Gasteiger partial charge in [-0.2, -0.15) is 0 Å². The lowest BCUT2D eigenvalue weighted by molar-refractivity contribution is 0.101. The van der Waals surface area contributed by atoms with Crippen LogP contribution in [-0.2, 0) is 0 Å². The molecule has 2 rings (SSSR count). The third kappa shape index (κ3) is 2.99. The number of aliphatic hydroxyl groups is 1. The van der Waals surface area contributed by atoms with E-state index in [1.54, 1.807) is 7.11 Å². The third-order valence-electron chi connectivity index (χ3n) is 3.52. The van der Waals surface area contributed by atoms with Gasteiger partial charge in [0.15, 0.2) is 0 Å². The molecule has 1 aromatic rings. The van der Waals surface area contributed by atoms with E-state index in [1.165, 1.54) is 6.42 Å². The molecular weight excluding hydrogens is 214 g/mol. The molecule has 0 radical (unpaired) electrons. The van der Waals surface area contributed by atoms with Gasteiger partial charge in [-0.1, -0.05) is 19.1 Å². The van der Waals surface area contributed by atoms with Crippen LogP contribution in [0.15, 0.2) is 24.3 Å². The van der Waals surface area contributed by atoms with E-state index >= 15 is 0 Å². The van der Waals surface area contributed by atoms with Crippen molar-refractivity contribution in [3.63, 3.8) is 0 Å². The van der Waals surface area contributed by atoms with Gasteiger partial charge in [-0.05, 0) is 43.0 Å². The minimum atomic E-state index is -0.451. The number of hydrogen-bond donors (Lipinski definition) is 2. The highest BCUT2D eigenvalue weighted by Crippen LogP contribution is 2.27. The molecular formula is C14H21NO2. The van der Waals surface area contributed by atoms with Gasteiger partial charge in [0, 0.05) is 6.04 Å². The maximum absolute atomic E-state index is 10.4. The van der Waals surface area contributed by atoms with Crippen molar-refractivity contribution in [3.8, 4) is 5.75 Å². The number of rotatable bonds is 3. The Bertz CT molecular complexity index is 367. The summed E-state index contributed by atoms with van der Waals surface area (Å²) in [5, 5.41) is 13.8. The molecule has 0 aliphatic carbocycles. The van der Waals surface area contributed by atoms with E-state index in [4.69, 9.17) is 4.74 Å². The Labute approximate surface area is 103 Å². The maximum Gasteiger partial charge on any atom is 0.119 e. The van der Waals surface area contributed by atoms with Crippen LogP contribution in [0.5, 0.6) is 5.75 Å². The number of aliphatic hydroxyl groups excluding tert-OH is 1. The first-order chi connectivity index (χ1) is 8.20. The van der Waals surface area contributed by atoms with E-state index in [1.807, 2.05) is 24.3 Å². The van der Waals surface area contributed by atoms with Crippen LogP contribution in [0.25, 0.3) is 0 Å². The molecule has 94 valence electrons. The predicted molar refractivity (Wildman–Crippen MR) is 68.1 cm³/mol. The van der Waals surface area contributed by atoms with Crippen molar-refractivity contribution in [1.82, 2.24) is 5.32 Å². The summed E-state index contributed by atoms with van der Waals surface area (Å²) >= 11 is 0. The Morgan fingerprint density at radius 3 is 3.00 bits per heavy atom. The number of methoxy groups -OCH3 is 1. The molecule has 17 heavy (non-hydrogen) atoms. The van der Waals surface area contributed by atoms with E-state index < -0.39 is 6.10 Å². The fourth-order valence-electron chi connectivity index (χ4n) is 2.45. The number of piperidine rings is 1. The van der Waals surface area contributed by atoms with Gasteiger partial charge in [0.05, 0.1) is 13.2 Å². The van der Waals surface area contributed by atoms with Gasteiger partial charge in [-0.25, -0.2) is 0 Å². The van der Waals surface area contributed by atoms with Crippen LogP contribution in [0, 0.1) is 5.92 Å². The second-order valence-corrected chi connectivity index (χ2v) is 4.91. The molecule has 1 aromatic carbocycles. The fraction of sp³-hybridized carbons (Fsp3) is 0.571. The smallest absolute Gasteiger partial charge is 0.119 e. The van der Waals surface area contributed by atoms with Crippen LogP contribution in [0.4, 0.5) is 0 Å². The zero-order valence-electron chi connectivity index (χ0n) is 10.5. The molecule has 0 spiro atoms. The minimum Gasteiger partial charge on any atom is -0.497 e. The summed E-state index contributed by atoms with van der Waals surface area (Å²) in [5.74, 6) is 1.48. The molecule has 0 bridgehead atoms. The topological polar surface area (TPSA) is 41.5 Å².